The van der Waals surface area contributed by atoms with E-state index in [2.05, 4.69) is 15.5 Å². The lowest BCUT2D eigenvalue weighted by Gasteiger charge is -1.96. The first-order valence-corrected chi connectivity index (χ1v) is 6.34. The molecule has 0 aliphatic rings. The minimum Gasteiger partial charge on any atom is -0.253 e. The van der Waals surface area contributed by atoms with Crippen molar-refractivity contribution in [2.75, 3.05) is 5.43 Å². The number of hydrogen-bond acceptors (Lipinski definition) is 4. The van der Waals surface area contributed by atoms with Crippen LogP contribution in [0.15, 0.2) is 29.4 Å². The van der Waals surface area contributed by atoms with E-state index in [0.717, 1.165) is 16.4 Å². The number of anilines is 1. The Bertz CT molecular complexity index is 529. The Morgan fingerprint density at radius 1 is 1.35 bits per heavy atom. The summed E-state index contributed by atoms with van der Waals surface area (Å²) in [5.74, 6) is 0. The summed E-state index contributed by atoms with van der Waals surface area (Å²) >= 11 is 7.59. The third-order valence-corrected chi connectivity index (χ3v) is 3.62. The van der Waals surface area contributed by atoms with Crippen molar-refractivity contribution in [3.63, 3.8) is 0 Å². The van der Waals surface area contributed by atoms with Gasteiger partial charge in [0, 0.05) is 15.5 Å². The predicted octanol–water partition coefficient (Wildman–Crippen LogP) is 3.86. The predicted molar refractivity (Wildman–Crippen MR) is 74.3 cm³/mol. The largest absolute Gasteiger partial charge is 0.253 e. The molecule has 2 rings (SSSR count). The highest BCUT2D eigenvalue weighted by atomic mass is 35.5. The van der Waals surface area contributed by atoms with Gasteiger partial charge in [0.2, 0.25) is 5.13 Å². The van der Waals surface area contributed by atoms with Gasteiger partial charge >= 0.3 is 0 Å². The van der Waals surface area contributed by atoms with Gasteiger partial charge in [-0.3, -0.25) is 5.43 Å². The van der Waals surface area contributed by atoms with Crippen molar-refractivity contribution in [3.8, 4) is 0 Å². The molecule has 0 amide bonds. The second kappa shape index (κ2) is 5.29. The molecule has 0 bridgehead atoms. The van der Waals surface area contributed by atoms with Crippen LogP contribution in [0.1, 0.15) is 16.1 Å². The number of rotatable bonds is 3. The summed E-state index contributed by atoms with van der Waals surface area (Å²) in [6, 6.07) is 7.55. The fourth-order valence-electron chi connectivity index (χ4n) is 1.26. The van der Waals surface area contributed by atoms with E-state index in [1.54, 1.807) is 17.6 Å². The van der Waals surface area contributed by atoms with Crippen LogP contribution in [0.2, 0.25) is 5.02 Å². The zero-order valence-corrected chi connectivity index (χ0v) is 11.1. The number of nitrogens with zero attached hydrogens (tertiary/aromatic N) is 2. The minimum absolute atomic E-state index is 0.685. The standard InChI is InChI=1S/C12H12ClN3S/c1-8-9(2)17-12(15-8)16-14-7-10-5-3-4-6-11(10)13/h3-7H,1-2H3,(H,15,16). The number of aromatic nitrogens is 1. The summed E-state index contributed by atoms with van der Waals surface area (Å²) in [7, 11) is 0. The third-order valence-electron chi connectivity index (χ3n) is 2.30. The van der Waals surface area contributed by atoms with Crippen molar-refractivity contribution in [1.82, 2.24) is 4.98 Å². The zero-order valence-electron chi connectivity index (χ0n) is 9.57. The number of benzene rings is 1. The van der Waals surface area contributed by atoms with Crippen LogP contribution in [0.5, 0.6) is 0 Å². The topological polar surface area (TPSA) is 37.3 Å². The summed E-state index contributed by atoms with van der Waals surface area (Å²) in [6.07, 6.45) is 1.69. The molecule has 17 heavy (non-hydrogen) atoms. The molecule has 3 nitrogen and oxygen atoms in total. The highest BCUT2D eigenvalue weighted by molar-refractivity contribution is 7.15. The molecule has 88 valence electrons. The smallest absolute Gasteiger partial charge is 0.203 e. The average molecular weight is 266 g/mol. The molecule has 0 radical (unpaired) electrons. The van der Waals surface area contributed by atoms with Crippen molar-refractivity contribution in [3.05, 3.63) is 45.4 Å². The van der Waals surface area contributed by atoms with E-state index in [-0.39, 0.29) is 0 Å². The Labute approximate surface area is 109 Å². The van der Waals surface area contributed by atoms with Gasteiger partial charge in [-0.2, -0.15) is 5.10 Å². The van der Waals surface area contributed by atoms with Gasteiger partial charge in [-0.1, -0.05) is 29.8 Å². The Balaban J connectivity index is 2.05. The molecule has 0 saturated carbocycles. The quantitative estimate of drug-likeness (QED) is 0.676. The number of hydrazone groups is 1. The van der Waals surface area contributed by atoms with E-state index in [9.17, 15) is 0 Å². The van der Waals surface area contributed by atoms with Crippen LogP contribution in [-0.2, 0) is 0 Å². The van der Waals surface area contributed by atoms with Crippen LogP contribution in [0.3, 0.4) is 0 Å². The Morgan fingerprint density at radius 2 is 2.12 bits per heavy atom. The average Bonchev–Trinajstić information content (AvgIpc) is 2.61. The fourth-order valence-corrected chi connectivity index (χ4v) is 2.21. The molecule has 2 aromatic rings. The number of halogens is 1. The van der Waals surface area contributed by atoms with Gasteiger partial charge in [0.15, 0.2) is 0 Å². The van der Waals surface area contributed by atoms with Crippen LogP contribution in [0, 0.1) is 13.8 Å². The summed E-state index contributed by atoms with van der Waals surface area (Å²) in [6.45, 7) is 4.02. The van der Waals surface area contributed by atoms with E-state index in [1.807, 2.05) is 38.1 Å². The lowest BCUT2D eigenvalue weighted by molar-refractivity contribution is 1.20. The van der Waals surface area contributed by atoms with Gasteiger partial charge in [0.05, 0.1) is 11.9 Å². The van der Waals surface area contributed by atoms with Crippen LogP contribution < -0.4 is 5.43 Å². The SMILES string of the molecule is Cc1nc(NN=Cc2ccccc2Cl)sc1C. The van der Waals surface area contributed by atoms with E-state index in [1.165, 1.54) is 4.88 Å². The maximum atomic E-state index is 6.00. The van der Waals surface area contributed by atoms with Gasteiger partial charge < -0.3 is 0 Å². The highest BCUT2D eigenvalue weighted by Crippen LogP contribution is 2.21. The highest BCUT2D eigenvalue weighted by Gasteiger charge is 2.01. The van der Waals surface area contributed by atoms with Crippen LogP contribution in [0.25, 0.3) is 0 Å². The molecule has 5 heteroatoms. The summed E-state index contributed by atoms with van der Waals surface area (Å²) in [5, 5.41) is 5.60. The molecule has 1 aromatic carbocycles. The van der Waals surface area contributed by atoms with Gasteiger partial charge in [-0.25, -0.2) is 4.98 Å². The lowest BCUT2D eigenvalue weighted by Crippen LogP contribution is -1.90. The molecule has 0 fully saturated rings. The van der Waals surface area contributed by atoms with Crippen LogP contribution in [-0.4, -0.2) is 11.2 Å². The zero-order chi connectivity index (χ0) is 12.3. The molecular formula is C12H12ClN3S. The van der Waals surface area contributed by atoms with Gasteiger partial charge in [0.1, 0.15) is 0 Å². The number of nitrogens with one attached hydrogen (secondary N) is 1. The van der Waals surface area contributed by atoms with Crippen molar-refractivity contribution in [2.24, 2.45) is 5.10 Å². The maximum absolute atomic E-state index is 6.00. The Kier molecular flexibility index (Phi) is 3.76. The fraction of sp³-hybridized carbons (Fsp3) is 0.167. The molecule has 0 atom stereocenters. The van der Waals surface area contributed by atoms with Crippen molar-refractivity contribution in [1.29, 1.82) is 0 Å². The van der Waals surface area contributed by atoms with Crippen LogP contribution in [0.4, 0.5) is 5.13 Å². The first-order valence-electron chi connectivity index (χ1n) is 5.14. The lowest BCUT2D eigenvalue weighted by atomic mass is 10.2. The molecule has 0 aliphatic heterocycles. The number of aryl methyl sites for hydroxylation is 2. The second-order valence-electron chi connectivity index (χ2n) is 3.55. The van der Waals surface area contributed by atoms with Gasteiger partial charge in [-0.05, 0) is 19.9 Å². The van der Waals surface area contributed by atoms with Crippen molar-refractivity contribution >= 4 is 34.3 Å². The Hall–Kier alpha value is -1.39. The second-order valence-corrected chi connectivity index (χ2v) is 5.16. The number of hydrogen-bond donors (Lipinski definition) is 1. The molecule has 0 aliphatic carbocycles. The molecule has 0 saturated heterocycles. The van der Waals surface area contributed by atoms with E-state index >= 15 is 0 Å². The van der Waals surface area contributed by atoms with Gasteiger partial charge in [-0.15, -0.1) is 11.3 Å². The normalized spacial score (nSPS) is 11.0. The van der Waals surface area contributed by atoms with Gasteiger partial charge in [0.25, 0.3) is 0 Å². The molecule has 1 N–H and O–H groups in total. The summed E-state index contributed by atoms with van der Waals surface area (Å²) in [5.41, 5.74) is 4.81. The number of thiazole rings is 1. The molecule has 1 heterocycles. The van der Waals surface area contributed by atoms with E-state index in [4.69, 9.17) is 11.6 Å². The molecular weight excluding hydrogens is 254 g/mol. The molecule has 0 unspecified atom stereocenters. The first kappa shape index (κ1) is 12.1. The third kappa shape index (κ3) is 3.05. The molecule has 1 aromatic heterocycles. The van der Waals surface area contributed by atoms with Crippen LogP contribution >= 0.6 is 22.9 Å². The first-order chi connectivity index (χ1) is 8.16. The van der Waals surface area contributed by atoms with Crippen molar-refractivity contribution < 1.29 is 0 Å². The minimum atomic E-state index is 0.685. The molecule has 0 spiro atoms. The Morgan fingerprint density at radius 3 is 2.76 bits per heavy atom. The maximum Gasteiger partial charge on any atom is 0.203 e. The summed E-state index contributed by atoms with van der Waals surface area (Å²) in [4.78, 5) is 5.52. The van der Waals surface area contributed by atoms with Crippen molar-refractivity contribution in [2.45, 2.75) is 13.8 Å². The van der Waals surface area contributed by atoms with E-state index < -0.39 is 0 Å². The van der Waals surface area contributed by atoms with E-state index in [0.29, 0.717) is 5.02 Å². The summed E-state index contributed by atoms with van der Waals surface area (Å²) < 4.78 is 0. The monoisotopic (exact) mass is 265 g/mol.